The maximum Gasteiger partial charge on any atom is 0.337 e. The van der Waals surface area contributed by atoms with Gasteiger partial charge in [0.25, 0.3) is 5.56 Å². The number of benzene rings is 1. The fraction of sp³-hybridized carbons (Fsp3) is 0.176. The molecule has 0 radical (unpaired) electrons. The van der Waals surface area contributed by atoms with Crippen LogP contribution in [0.5, 0.6) is 0 Å². The lowest BCUT2D eigenvalue weighted by Gasteiger charge is -2.12. The molecule has 1 N–H and O–H groups in total. The molecule has 0 saturated heterocycles. The number of carboxylic acid groups (broad SMARTS) is 1. The van der Waals surface area contributed by atoms with E-state index in [0.29, 0.717) is 28.2 Å². The molecule has 0 aliphatic heterocycles. The van der Waals surface area contributed by atoms with Gasteiger partial charge in [-0.3, -0.25) is 9.36 Å². The topological polar surface area (TPSA) is 96.0 Å². The van der Waals surface area contributed by atoms with Crippen LogP contribution in [0, 0.1) is 11.3 Å². The van der Waals surface area contributed by atoms with Crippen LogP contribution in [-0.4, -0.2) is 20.6 Å². The Labute approximate surface area is 141 Å². The zero-order valence-electron chi connectivity index (χ0n) is 12.8. The van der Waals surface area contributed by atoms with E-state index in [1.165, 1.54) is 9.95 Å². The Morgan fingerprint density at radius 1 is 1.42 bits per heavy atom. The average Bonchev–Trinajstić information content (AvgIpc) is 3.02. The molecule has 24 heavy (non-hydrogen) atoms. The largest absolute Gasteiger partial charge is 0.478 e. The minimum absolute atomic E-state index is 0.0301. The number of nitriles is 1. The lowest BCUT2D eigenvalue weighted by atomic mass is 10.1. The minimum atomic E-state index is -1.15. The van der Waals surface area contributed by atoms with Crippen LogP contribution >= 0.6 is 11.3 Å². The van der Waals surface area contributed by atoms with Gasteiger partial charge in [-0.1, -0.05) is 25.1 Å². The van der Waals surface area contributed by atoms with Gasteiger partial charge in [-0.2, -0.15) is 5.26 Å². The van der Waals surface area contributed by atoms with Gasteiger partial charge in [0.05, 0.1) is 29.1 Å². The Morgan fingerprint density at radius 3 is 2.83 bits per heavy atom. The van der Waals surface area contributed by atoms with Crippen molar-refractivity contribution in [2.45, 2.75) is 19.9 Å². The van der Waals surface area contributed by atoms with E-state index >= 15 is 0 Å². The van der Waals surface area contributed by atoms with Crippen molar-refractivity contribution in [2.24, 2.45) is 0 Å². The molecule has 0 saturated carbocycles. The molecule has 1 aromatic carbocycles. The fourth-order valence-corrected chi connectivity index (χ4v) is 3.52. The van der Waals surface area contributed by atoms with Crippen molar-refractivity contribution in [1.82, 2.24) is 9.55 Å². The predicted octanol–water partition coefficient (Wildman–Crippen LogP) is 2.64. The van der Waals surface area contributed by atoms with Gasteiger partial charge >= 0.3 is 5.97 Å². The third kappa shape index (κ3) is 2.57. The van der Waals surface area contributed by atoms with Crippen molar-refractivity contribution in [2.75, 3.05) is 0 Å². The maximum absolute atomic E-state index is 12.9. The van der Waals surface area contributed by atoms with E-state index in [-0.39, 0.29) is 23.1 Å². The van der Waals surface area contributed by atoms with Gasteiger partial charge in [0.2, 0.25) is 0 Å². The number of nitrogens with zero attached hydrogens (tertiary/aromatic N) is 3. The van der Waals surface area contributed by atoms with E-state index in [2.05, 4.69) is 11.1 Å². The van der Waals surface area contributed by atoms with Crippen molar-refractivity contribution in [3.05, 3.63) is 62.5 Å². The number of thiophene rings is 1. The Bertz CT molecular complexity index is 1040. The monoisotopic (exact) mass is 339 g/mol. The molecule has 7 heteroatoms. The molecule has 0 unspecified atom stereocenters. The number of fused-ring (bicyclic) bond motifs is 1. The number of aromatic carboxylic acids is 1. The number of rotatable bonds is 4. The minimum Gasteiger partial charge on any atom is -0.478 e. The number of hydrogen-bond acceptors (Lipinski definition) is 5. The average molecular weight is 339 g/mol. The summed E-state index contributed by atoms with van der Waals surface area (Å²) in [7, 11) is 0. The maximum atomic E-state index is 12.9. The lowest BCUT2D eigenvalue weighted by molar-refractivity contribution is 0.0699. The van der Waals surface area contributed by atoms with E-state index in [1.807, 2.05) is 6.92 Å². The summed E-state index contributed by atoms with van der Waals surface area (Å²) >= 11 is 1.15. The van der Waals surface area contributed by atoms with Crippen LogP contribution in [-0.2, 0) is 13.0 Å². The normalized spacial score (nSPS) is 10.7. The highest BCUT2D eigenvalue weighted by Gasteiger charge is 2.19. The van der Waals surface area contributed by atoms with Crippen LogP contribution in [0.2, 0.25) is 0 Å². The molecule has 6 nitrogen and oxygen atoms in total. The Balaban J connectivity index is 2.25. The number of hydrogen-bond donors (Lipinski definition) is 1. The number of aryl methyl sites for hydroxylation is 1. The summed E-state index contributed by atoms with van der Waals surface area (Å²) in [5, 5.41) is 20.1. The first-order valence-corrected chi connectivity index (χ1v) is 8.17. The summed E-state index contributed by atoms with van der Waals surface area (Å²) in [6.45, 7) is 2.07. The molecule has 120 valence electrons. The van der Waals surface area contributed by atoms with Crippen LogP contribution < -0.4 is 5.56 Å². The van der Waals surface area contributed by atoms with Gasteiger partial charge in [0, 0.05) is 11.8 Å². The molecular weight excluding hydrogens is 326 g/mol. The van der Waals surface area contributed by atoms with E-state index in [9.17, 15) is 20.0 Å². The molecular formula is C17H13N3O3S. The number of aromatic nitrogens is 2. The second kappa shape index (κ2) is 6.26. The molecule has 0 atom stereocenters. The molecule has 2 heterocycles. The highest BCUT2D eigenvalue weighted by molar-refractivity contribution is 7.17. The van der Waals surface area contributed by atoms with Gasteiger partial charge in [0.1, 0.15) is 10.7 Å². The molecule has 3 aromatic rings. The molecule has 0 amide bonds. The zero-order valence-corrected chi connectivity index (χ0v) is 13.6. The zero-order chi connectivity index (χ0) is 17.3. The van der Waals surface area contributed by atoms with Gasteiger partial charge in [-0.25, -0.2) is 9.78 Å². The van der Waals surface area contributed by atoms with Crippen molar-refractivity contribution in [3.8, 4) is 6.07 Å². The second-order valence-corrected chi connectivity index (χ2v) is 6.03. The summed E-state index contributed by atoms with van der Waals surface area (Å²) < 4.78 is 1.46. The van der Waals surface area contributed by atoms with E-state index < -0.39 is 5.97 Å². The summed E-state index contributed by atoms with van der Waals surface area (Å²) in [6.07, 6.45) is 0.528. The lowest BCUT2D eigenvalue weighted by Crippen LogP contribution is -2.26. The van der Waals surface area contributed by atoms with E-state index in [1.54, 1.807) is 24.3 Å². The van der Waals surface area contributed by atoms with Crippen LogP contribution in [0.4, 0.5) is 0 Å². The van der Waals surface area contributed by atoms with Gasteiger partial charge in [-0.15, -0.1) is 11.3 Å². The number of carbonyl (C=O) groups is 1. The quantitative estimate of drug-likeness (QED) is 0.788. The molecule has 0 aliphatic rings. The molecule has 0 bridgehead atoms. The molecule has 0 fully saturated rings. The Kier molecular flexibility index (Phi) is 4.15. The second-order valence-electron chi connectivity index (χ2n) is 5.18. The third-order valence-corrected chi connectivity index (χ3v) is 4.66. The predicted molar refractivity (Wildman–Crippen MR) is 90.5 cm³/mol. The van der Waals surface area contributed by atoms with Crippen molar-refractivity contribution in [3.63, 3.8) is 0 Å². The van der Waals surface area contributed by atoms with Gasteiger partial charge in [0.15, 0.2) is 0 Å². The fourth-order valence-electron chi connectivity index (χ4n) is 2.59. The standard InChI is InChI=1S/C17H13N3O3S/c1-2-13-19-15-14(12(9-24-15)17(22)23)16(21)20(13)8-11-6-4-3-5-10(11)7-18/h3-6,9H,2,8H2,1H3,(H,22,23). The molecule has 0 aliphatic carbocycles. The molecule has 2 aromatic heterocycles. The molecule has 0 spiro atoms. The summed E-state index contributed by atoms with van der Waals surface area (Å²) in [5.74, 6) is -0.576. The SMILES string of the molecule is CCc1nc2scc(C(=O)O)c2c(=O)n1Cc1ccccc1C#N. The van der Waals surface area contributed by atoms with Crippen LogP contribution in [0.15, 0.2) is 34.4 Å². The van der Waals surface area contributed by atoms with E-state index in [4.69, 9.17) is 0 Å². The highest BCUT2D eigenvalue weighted by atomic mass is 32.1. The van der Waals surface area contributed by atoms with Gasteiger partial charge in [-0.05, 0) is 11.6 Å². The van der Waals surface area contributed by atoms with E-state index in [0.717, 1.165) is 11.3 Å². The van der Waals surface area contributed by atoms with Crippen molar-refractivity contribution >= 4 is 27.5 Å². The molecule has 3 rings (SSSR count). The van der Waals surface area contributed by atoms with Gasteiger partial charge < -0.3 is 5.11 Å². The summed E-state index contributed by atoms with van der Waals surface area (Å²) in [4.78, 5) is 29.1. The highest BCUT2D eigenvalue weighted by Crippen LogP contribution is 2.22. The third-order valence-electron chi connectivity index (χ3n) is 3.79. The first-order chi connectivity index (χ1) is 11.6. The van der Waals surface area contributed by atoms with Crippen molar-refractivity contribution < 1.29 is 9.90 Å². The van der Waals surface area contributed by atoms with Crippen LogP contribution in [0.25, 0.3) is 10.2 Å². The first-order valence-electron chi connectivity index (χ1n) is 7.29. The summed E-state index contributed by atoms with van der Waals surface area (Å²) in [5.41, 5.74) is 0.765. The van der Waals surface area contributed by atoms with Crippen LogP contribution in [0.3, 0.4) is 0 Å². The van der Waals surface area contributed by atoms with Crippen LogP contribution in [0.1, 0.15) is 34.2 Å². The smallest absolute Gasteiger partial charge is 0.337 e. The van der Waals surface area contributed by atoms with Crippen molar-refractivity contribution in [1.29, 1.82) is 5.26 Å². The Morgan fingerprint density at radius 2 is 2.17 bits per heavy atom. The first kappa shape index (κ1) is 15.9. The summed E-state index contributed by atoms with van der Waals surface area (Å²) in [6, 6.07) is 9.13. The Hall–Kier alpha value is -2.98. The number of carboxylic acids is 1.